The molecule has 162 valence electrons. The van der Waals surface area contributed by atoms with Crippen molar-refractivity contribution in [2.24, 2.45) is 0 Å². The molecule has 2 atom stereocenters. The van der Waals surface area contributed by atoms with Gasteiger partial charge >= 0.3 is 0 Å². The van der Waals surface area contributed by atoms with Crippen molar-refractivity contribution < 1.29 is 9.90 Å². The van der Waals surface area contributed by atoms with Crippen LogP contribution in [0.2, 0.25) is 0 Å². The highest BCUT2D eigenvalue weighted by atomic mass is 16.3. The van der Waals surface area contributed by atoms with Gasteiger partial charge in [0.05, 0.1) is 18.2 Å². The Morgan fingerprint density at radius 1 is 1.00 bits per heavy atom. The summed E-state index contributed by atoms with van der Waals surface area (Å²) in [6, 6.07) is 22.7. The molecule has 0 unspecified atom stereocenters. The number of carbonyl (C=O) groups is 1. The summed E-state index contributed by atoms with van der Waals surface area (Å²) in [4.78, 5) is 21.6. The van der Waals surface area contributed by atoms with Crippen LogP contribution in [0.5, 0.6) is 0 Å². The lowest BCUT2D eigenvalue weighted by molar-refractivity contribution is 0.0673. The van der Waals surface area contributed by atoms with Crippen molar-refractivity contribution in [3.63, 3.8) is 0 Å². The van der Waals surface area contributed by atoms with Crippen molar-refractivity contribution >= 4 is 27.6 Å². The summed E-state index contributed by atoms with van der Waals surface area (Å²) in [5, 5.41) is 13.0. The average molecular weight is 426 g/mol. The first-order valence-corrected chi connectivity index (χ1v) is 11.0. The quantitative estimate of drug-likeness (QED) is 0.533. The van der Waals surface area contributed by atoms with E-state index >= 15 is 0 Å². The molecule has 0 radical (unpaired) electrons. The second-order valence-corrected chi connectivity index (χ2v) is 8.83. The number of rotatable bonds is 4. The zero-order valence-electron chi connectivity index (χ0n) is 18.4. The normalized spacial score (nSPS) is 18.7. The third-order valence-electron chi connectivity index (χ3n) is 6.62. The predicted octanol–water partition coefficient (Wildman–Crippen LogP) is 4.19. The summed E-state index contributed by atoms with van der Waals surface area (Å²) in [6.45, 7) is 0.638. The Morgan fingerprint density at radius 2 is 1.72 bits per heavy atom. The Hall–Kier alpha value is -3.28. The molecule has 1 aliphatic rings. The number of carbonyl (C=O) groups excluding carboxylic acids is 1. The molecular formula is C27H27N3O2. The van der Waals surface area contributed by atoms with Crippen LogP contribution in [0.4, 0.5) is 0 Å². The topological polar surface area (TPSA) is 56.7 Å². The Bertz CT molecular complexity index is 1300. The molecule has 1 N–H and O–H groups in total. The van der Waals surface area contributed by atoms with Crippen LogP contribution in [0.15, 0.2) is 72.9 Å². The molecule has 4 aromatic rings. The van der Waals surface area contributed by atoms with E-state index in [1.807, 2.05) is 55.5 Å². The molecule has 1 amide bonds. The van der Waals surface area contributed by atoms with E-state index in [2.05, 4.69) is 46.3 Å². The summed E-state index contributed by atoms with van der Waals surface area (Å²) in [7, 11) is 4.04. The Kier molecular flexibility index (Phi) is 5.37. The van der Waals surface area contributed by atoms with E-state index in [0.717, 1.165) is 39.2 Å². The largest absolute Gasteiger partial charge is 0.394 e. The Balaban J connectivity index is 1.44. The highest BCUT2D eigenvalue weighted by Gasteiger charge is 2.36. The zero-order chi connectivity index (χ0) is 22.2. The highest BCUT2D eigenvalue weighted by molar-refractivity contribution is 6.00. The minimum atomic E-state index is -0.129. The monoisotopic (exact) mass is 425 g/mol. The molecule has 32 heavy (non-hydrogen) atoms. The molecular weight excluding hydrogens is 398 g/mol. The first kappa shape index (κ1) is 20.6. The van der Waals surface area contributed by atoms with E-state index in [4.69, 9.17) is 0 Å². The van der Waals surface area contributed by atoms with E-state index in [-0.39, 0.29) is 24.6 Å². The number of benzene rings is 3. The van der Waals surface area contributed by atoms with Crippen LogP contribution >= 0.6 is 0 Å². The maximum atomic E-state index is 13.2. The van der Waals surface area contributed by atoms with Crippen molar-refractivity contribution in [1.82, 2.24) is 14.8 Å². The first-order chi connectivity index (χ1) is 15.5. The van der Waals surface area contributed by atoms with Crippen LogP contribution in [0, 0.1) is 0 Å². The molecule has 2 heterocycles. The van der Waals surface area contributed by atoms with Gasteiger partial charge in [-0.05, 0) is 78.8 Å². The van der Waals surface area contributed by atoms with Gasteiger partial charge < -0.3 is 14.9 Å². The van der Waals surface area contributed by atoms with Crippen molar-refractivity contribution in [2.75, 3.05) is 27.2 Å². The summed E-state index contributed by atoms with van der Waals surface area (Å²) in [6.07, 6.45) is 2.61. The van der Waals surface area contributed by atoms with Gasteiger partial charge in [0.2, 0.25) is 0 Å². The minimum Gasteiger partial charge on any atom is -0.394 e. The van der Waals surface area contributed by atoms with Gasteiger partial charge in [0.1, 0.15) is 0 Å². The summed E-state index contributed by atoms with van der Waals surface area (Å²) < 4.78 is 0. The second-order valence-electron chi connectivity index (χ2n) is 8.83. The van der Waals surface area contributed by atoms with Crippen LogP contribution < -0.4 is 0 Å². The number of likely N-dealkylation sites (tertiary alicyclic amines) is 1. The lowest BCUT2D eigenvalue weighted by Crippen LogP contribution is -2.38. The zero-order valence-corrected chi connectivity index (χ0v) is 18.4. The number of aromatic nitrogens is 1. The summed E-state index contributed by atoms with van der Waals surface area (Å²) in [5.41, 5.74) is 3.93. The lowest BCUT2D eigenvalue weighted by Gasteiger charge is -2.23. The molecule has 5 heteroatoms. The van der Waals surface area contributed by atoms with E-state index in [9.17, 15) is 9.90 Å². The van der Waals surface area contributed by atoms with Crippen LogP contribution in [-0.4, -0.2) is 65.1 Å². The highest BCUT2D eigenvalue weighted by Crippen LogP contribution is 2.29. The van der Waals surface area contributed by atoms with Crippen molar-refractivity contribution in [3.05, 3.63) is 78.5 Å². The van der Waals surface area contributed by atoms with Gasteiger partial charge in [0, 0.05) is 29.7 Å². The average Bonchev–Trinajstić information content (AvgIpc) is 3.27. The number of pyridine rings is 1. The van der Waals surface area contributed by atoms with E-state index in [0.29, 0.717) is 12.1 Å². The van der Waals surface area contributed by atoms with Crippen LogP contribution in [-0.2, 0) is 0 Å². The number of aliphatic hydroxyl groups excluding tert-OH is 1. The molecule has 1 saturated heterocycles. The van der Waals surface area contributed by atoms with Gasteiger partial charge in [-0.3, -0.25) is 9.78 Å². The van der Waals surface area contributed by atoms with Crippen LogP contribution in [0.3, 0.4) is 0 Å². The maximum Gasteiger partial charge on any atom is 0.254 e. The van der Waals surface area contributed by atoms with Gasteiger partial charge in [0.15, 0.2) is 0 Å². The fourth-order valence-corrected chi connectivity index (χ4v) is 4.67. The van der Waals surface area contributed by atoms with E-state index < -0.39 is 0 Å². The van der Waals surface area contributed by atoms with E-state index in [1.54, 1.807) is 0 Å². The molecule has 1 aliphatic heterocycles. The standard InChI is InChI=1S/C27H27N3O2/c1-29(2)24-15-25(17-31)30(16-24)27(32)23-8-7-19-12-18(5-6-20(19)14-23)21-9-10-26-22(13-21)4-3-11-28-26/h3-14,24-25,31H,15-17H2,1-2H3/t24-,25+/m1/s1. The lowest BCUT2D eigenvalue weighted by atomic mass is 9.98. The number of fused-ring (bicyclic) bond motifs is 2. The molecule has 0 aliphatic carbocycles. The number of hydrogen-bond acceptors (Lipinski definition) is 4. The third kappa shape index (κ3) is 3.74. The van der Waals surface area contributed by atoms with Gasteiger partial charge in [-0.15, -0.1) is 0 Å². The molecule has 3 aromatic carbocycles. The molecule has 5 nitrogen and oxygen atoms in total. The summed E-state index contributed by atoms with van der Waals surface area (Å²) in [5.74, 6) is -0.0126. The summed E-state index contributed by atoms with van der Waals surface area (Å²) >= 11 is 0. The van der Waals surface area contributed by atoms with Gasteiger partial charge in [0.25, 0.3) is 5.91 Å². The Morgan fingerprint density at radius 3 is 2.50 bits per heavy atom. The van der Waals surface area contributed by atoms with Gasteiger partial charge in [-0.1, -0.05) is 30.3 Å². The molecule has 0 saturated carbocycles. The number of aliphatic hydroxyl groups is 1. The van der Waals surface area contributed by atoms with Crippen LogP contribution in [0.25, 0.3) is 32.8 Å². The SMILES string of the molecule is CN(C)[C@@H]1C[C@@H](CO)N(C(=O)c2ccc3cc(-c4ccc5ncccc5c4)ccc3c2)C1. The van der Waals surface area contributed by atoms with Crippen molar-refractivity contribution in [1.29, 1.82) is 0 Å². The number of likely N-dealkylation sites (N-methyl/N-ethyl adjacent to an activating group) is 1. The van der Waals surface area contributed by atoms with Crippen molar-refractivity contribution in [2.45, 2.75) is 18.5 Å². The van der Waals surface area contributed by atoms with E-state index in [1.165, 1.54) is 0 Å². The fourth-order valence-electron chi connectivity index (χ4n) is 4.67. The number of hydrogen-bond donors (Lipinski definition) is 1. The molecule has 5 rings (SSSR count). The number of nitrogens with zero attached hydrogens (tertiary/aromatic N) is 3. The third-order valence-corrected chi connectivity index (χ3v) is 6.62. The predicted molar refractivity (Wildman–Crippen MR) is 129 cm³/mol. The van der Waals surface area contributed by atoms with Crippen LogP contribution in [0.1, 0.15) is 16.8 Å². The maximum absolute atomic E-state index is 13.2. The molecule has 0 spiro atoms. The minimum absolute atomic E-state index is 0.00566. The van der Waals surface area contributed by atoms with Crippen molar-refractivity contribution in [3.8, 4) is 11.1 Å². The van der Waals surface area contributed by atoms with Gasteiger partial charge in [-0.25, -0.2) is 0 Å². The first-order valence-electron chi connectivity index (χ1n) is 11.0. The molecule has 1 aromatic heterocycles. The molecule has 0 bridgehead atoms. The molecule has 1 fully saturated rings. The number of amides is 1. The fraction of sp³-hybridized carbons (Fsp3) is 0.259. The Labute approximate surface area is 187 Å². The second kappa shape index (κ2) is 8.34. The smallest absolute Gasteiger partial charge is 0.254 e. The van der Waals surface area contributed by atoms with Gasteiger partial charge in [-0.2, -0.15) is 0 Å².